The Morgan fingerprint density at radius 2 is 1.81 bits per heavy atom. The maximum atomic E-state index is 13.2. The molecule has 1 unspecified atom stereocenters. The van der Waals surface area contributed by atoms with Crippen LogP contribution in [0.3, 0.4) is 0 Å². The molecule has 2 N–H and O–H groups in total. The lowest BCUT2D eigenvalue weighted by molar-refractivity contribution is 0.0723. The van der Waals surface area contributed by atoms with Crippen LogP contribution < -0.4 is 9.47 Å². The number of nitrogens with one attached hydrogen (secondary N) is 1. The van der Waals surface area contributed by atoms with Gasteiger partial charge in [0.25, 0.3) is 5.91 Å². The molecule has 0 saturated carbocycles. The van der Waals surface area contributed by atoms with Crippen LogP contribution in [0.15, 0.2) is 42.5 Å². The number of carbonyl (C=O) groups excluding carboxylic acids is 1. The van der Waals surface area contributed by atoms with E-state index in [1.165, 1.54) is 0 Å². The normalized spacial score (nSPS) is 15.3. The van der Waals surface area contributed by atoms with E-state index in [2.05, 4.69) is 10.2 Å². The van der Waals surface area contributed by atoms with Crippen molar-refractivity contribution in [3.8, 4) is 28.5 Å². The Bertz CT molecular complexity index is 1080. The molecule has 31 heavy (non-hydrogen) atoms. The van der Waals surface area contributed by atoms with Crippen molar-refractivity contribution in [1.82, 2.24) is 15.1 Å². The quantitative estimate of drug-likeness (QED) is 0.539. The zero-order chi connectivity index (χ0) is 22.0. The van der Waals surface area contributed by atoms with E-state index in [1.807, 2.05) is 35.2 Å². The van der Waals surface area contributed by atoms with E-state index < -0.39 is 0 Å². The van der Waals surface area contributed by atoms with Gasteiger partial charge in [-0.15, -0.1) is 0 Å². The Balaban J connectivity index is 1.82. The van der Waals surface area contributed by atoms with Gasteiger partial charge in [0.2, 0.25) is 0 Å². The van der Waals surface area contributed by atoms with Gasteiger partial charge in [0, 0.05) is 31.4 Å². The minimum atomic E-state index is -0.332. The molecular weight excluding hydrogens is 398 g/mol. The first-order chi connectivity index (χ1) is 15.1. The third-order valence-electron chi connectivity index (χ3n) is 5.48. The van der Waals surface area contributed by atoms with E-state index in [1.54, 1.807) is 33.5 Å². The summed E-state index contributed by atoms with van der Waals surface area (Å²) in [7, 11) is 4.81. The van der Waals surface area contributed by atoms with Crippen LogP contribution in [0.4, 0.5) is 0 Å². The first-order valence-electron chi connectivity index (χ1n) is 9.98. The largest absolute Gasteiger partial charge is 0.508 e. The lowest BCUT2D eigenvalue weighted by Crippen LogP contribution is -2.31. The Morgan fingerprint density at radius 3 is 2.48 bits per heavy atom. The standard InChI is InChI=1S/C23H25N3O5/c1-29-12-4-11-26-22(14-5-8-16(27)9-6-14)19-20(24-25-21(19)23(26)28)15-7-10-17(30-2)18(13-15)31-3/h5-10,13,22,27H,4,11-12H2,1-3H3,(H,24,25). The van der Waals surface area contributed by atoms with Crippen LogP contribution in [0.5, 0.6) is 17.2 Å². The van der Waals surface area contributed by atoms with Gasteiger partial charge in [-0.25, -0.2) is 0 Å². The summed E-state index contributed by atoms with van der Waals surface area (Å²) >= 11 is 0. The van der Waals surface area contributed by atoms with Crippen molar-refractivity contribution in [1.29, 1.82) is 0 Å². The first-order valence-corrected chi connectivity index (χ1v) is 9.98. The van der Waals surface area contributed by atoms with Crippen molar-refractivity contribution in [2.24, 2.45) is 0 Å². The average molecular weight is 423 g/mol. The van der Waals surface area contributed by atoms with Crippen molar-refractivity contribution in [3.63, 3.8) is 0 Å². The number of nitrogens with zero attached hydrogens (tertiary/aromatic N) is 2. The molecule has 2 aromatic carbocycles. The molecule has 1 aromatic heterocycles. The van der Waals surface area contributed by atoms with Crippen LogP contribution in [0.25, 0.3) is 11.3 Å². The summed E-state index contributed by atoms with van der Waals surface area (Å²) < 4.78 is 16.0. The van der Waals surface area contributed by atoms with E-state index in [0.717, 1.165) is 16.7 Å². The van der Waals surface area contributed by atoms with Gasteiger partial charge in [0.15, 0.2) is 11.5 Å². The Morgan fingerprint density at radius 1 is 1.06 bits per heavy atom. The molecule has 8 nitrogen and oxygen atoms in total. The fourth-order valence-electron chi connectivity index (χ4n) is 4.01. The average Bonchev–Trinajstić information content (AvgIpc) is 3.33. The van der Waals surface area contributed by atoms with Crippen LogP contribution in [0, 0.1) is 0 Å². The molecule has 1 atom stereocenters. The number of ether oxygens (including phenoxy) is 3. The number of phenols is 1. The first kappa shape index (κ1) is 20.7. The monoisotopic (exact) mass is 423 g/mol. The second kappa shape index (κ2) is 8.69. The zero-order valence-electron chi connectivity index (χ0n) is 17.7. The highest BCUT2D eigenvalue weighted by Gasteiger charge is 2.41. The number of aromatic amines is 1. The number of H-pyrrole nitrogens is 1. The summed E-state index contributed by atoms with van der Waals surface area (Å²) in [6, 6.07) is 12.1. The van der Waals surface area contributed by atoms with Crippen LogP contribution >= 0.6 is 0 Å². The van der Waals surface area contributed by atoms with Crippen LogP contribution in [-0.2, 0) is 4.74 Å². The SMILES string of the molecule is COCCCN1C(=O)c2[nH]nc(-c3ccc(OC)c(OC)c3)c2C1c1ccc(O)cc1. The van der Waals surface area contributed by atoms with E-state index in [-0.39, 0.29) is 17.7 Å². The highest BCUT2D eigenvalue weighted by atomic mass is 16.5. The molecule has 0 fully saturated rings. The molecular formula is C23H25N3O5. The van der Waals surface area contributed by atoms with Gasteiger partial charge >= 0.3 is 0 Å². The summed E-state index contributed by atoms with van der Waals surface area (Å²) in [5.74, 6) is 1.26. The number of phenolic OH excluding ortho intramolecular Hbond substituents is 1. The topological polar surface area (TPSA) is 96.9 Å². The van der Waals surface area contributed by atoms with Gasteiger partial charge in [-0.1, -0.05) is 12.1 Å². The van der Waals surface area contributed by atoms with Crippen molar-refractivity contribution in [2.45, 2.75) is 12.5 Å². The molecule has 8 heteroatoms. The van der Waals surface area contributed by atoms with Crippen molar-refractivity contribution >= 4 is 5.91 Å². The van der Waals surface area contributed by atoms with Crippen LogP contribution in [-0.4, -0.2) is 60.6 Å². The number of carbonyl (C=O) groups is 1. The number of amides is 1. The van der Waals surface area contributed by atoms with Gasteiger partial charge in [-0.05, 0) is 42.3 Å². The molecule has 0 saturated heterocycles. The Labute approximate surface area is 180 Å². The number of benzene rings is 2. The maximum Gasteiger partial charge on any atom is 0.273 e. The Hall–Kier alpha value is -3.52. The molecule has 162 valence electrons. The van der Waals surface area contributed by atoms with E-state index in [9.17, 15) is 9.90 Å². The zero-order valence-corrected chi connectivity index (χ0v) is 17.7. The summed E-state index contributed by atoms with van der Waals surface area (Å²) in [5, 5.41) is 17.2. The summed E-state index contributed by atoms with van der Waals surface area (Å²) in [5.41, 5.74) is 3.66. The van der Waals surface area contributed by atoms with Crippen molar-refractivity contribution in [2.75, 3.05) is 34.5 Å². The molecule has 2 heterocycles. The van der Waals surface area contributed by atoms with Gasteiger partial charge in [-0.3, -0.25) is 9.89 Å². The summed E-state index contributed by atoms with van der Waals surface area (Å²) in [6.45, 7) is 1.09. The Kier molecular flexibility index (Phi) is 5.81. The number of hydrogen-bond acceptors (Lipinski definition) is 6. The second-order valence-corrected chi connectivity index (χ2v) is 7.27. The van der Waals surface area contributed by atoms with Crippen molar-refractivity contribution in [3.05, 3.63) is 59.3 Å². The third-order valence-corrected chi connectivity index (χ3v) is 5.48. The van der Waals surface area contributed by atoms with Gasteiger partial charge < -0.3 is 24.2 Å². The number of hydrogen-bond donors (Lipinski definition) is 2. The van der Waals surface area contributed by atoms with Gasteiger partial charge in [0.05, 0.1) is 26.0 Å². The molecule has 0 radical (unpaired) electrons. The second-order valence-electron chi connectivity index (χ2n) is 7.27. The lowest BCUT2D eigenvalue weighted by Gasteiger charge is -2.26. The van der Waals surface area contributed by atoms with Gasteiger partial charge in [-0.2, -0.15) is 5.10 Å². The van der Waals surface area contributed by atoms with E-state index in [0.29, 0.717) is 42.5 Å². The molecule has 1 aliphatic heterocycles. The number of rotatable bonds is 8. The van der Waals surface area contributed by atoms with Crippen molar-refractivity contribution < 1.29 is 24.1 Å². The smallest absolute Gasteiger partial charge is 0.273 e. The molecule has 0 spiro atoms. The van der Waals surface area contributed by atoms with Gasteiger partial charge in [0.1, 0.15) is 11.4 Å². The molecule has 1 amide bonds. The molecule has 0 bridgehead atoms. The molecule has 3 aromatic rings. The third kappa shape index (κ3) is 3.70. The fraction of sp³-hybridized carbons (Fsp3) is 0.304. The fourth-order valence-corrected chi connectivity index (χ4v) is 4.01. The van der Waals surface area contributed by atoms with Crippen LogP contribution in [0.2, 0.25) is 0 Å². The van der Waals surface area contributed by atoms with E-state index in [4.69, 9.17) is 14.2 Å². The predicted molar refractivity (Wildman–Crippen MR) is 115 cm³/mol. The van der Waals surface area contributed by atoms with Crippen LogP contribution in [0.1, 0.15) is 34.1 Å². The molecule has 4 rings (SSSR count). The van der Waals surface area contributed by atoms with E-state index >= 15 is 0 Å². The maximum absolute atomic E-state index is 13.2. The number of methoxy groups -OCH3 is 3. The molecule has 0 aliphatic carbocycles. The number of aromatic hydroxyl groups is 1. The lowest BCUT2D eigenvalue weighted by atomic mass is 9.95. The highest BCUT2D eigenvalue weighted by Crippen LogP contribution is 2.44. The summed E-state index contributed by atoms with van der Waals surface area (Å²) in [4.78, 5) is 15.0. The highest BCUT2D eigenvalue weighted by molar-refractivity contribution is 6.00. The predicted octanol–water partition coefficient (Wildman–Crippen LogP) is 3.38. The summed E-state index contributed by atoms with van der Waals surface area (Å²) in [6.07, 6.45) is 0.709. The molecule has 1 aliphatic rings. The number of fused-ring (bicyclic) bond motifs is 1. The number of aromatic nitrogens is 2. The minimum Gasteiger partial charge on any atom is -0.508 e. The minimum absolute atomic E-state index is 0.108.